The number of halogens is 1. The minimum Gasteiger partial charge on any atom is -0.327 e. The maximum Gasteiger partial charge on any atom is 0.0236 e. The molecule has 2 rings (SSSR count). The lowest BCUT2D eigenvalue weighted by molar-refractivity contribution is 0.0897. The van der Waals surface area contributed by atoms with Crippen LogP contribution in [-0.2, 0) is 6.54 Å². The third-order valence-corrected chi connectivity index (χ3v) is 4.28. The molecule has 3 heteroatoms. The molecule has 0 aliphatic carbocycles. The highest BCUT2D eigenvalue weighted by Gasteiger charge is 2.33. The zero-order chi connectivity index (χ0) is 13.3. The van der Waals surface area contributed by atoms with E-state index in [2.05, 4.69) is 50.8 Å². The molecule has 1 fully saturated rings. The molecular weight excluding hydrogens is 256 g/mol. The van der Waals surface area contributed by atoms with Crippen molar-refractivity contribution in [3.8, 4) is 0 Å². The highest BCUT2D eigenvalue weighted by Crippen LogP contribution is 2.28. The number of aryl methyl sites for hydroxylation is 2. The van der Waals surface area contributed by atoms with Crippen LogP contribution in [0, 0.1) is 19.3 Å². The SMILES string of the molecule is Cc1ccc(CN2CCC(N)C(C)(C)C2)c(C)c1.Cl. The van der Waals surface area contributed by atoms with Crippen LogP contribution >= 0.6 is 12.4 Å². The summed E-state index contributed by atoms with van der Waals surface area (Å²) in [6.07, 6.45) is 1.11. The molecule has 1 atom stereocenters. The lowest BCUT2D eigenvalue weighted by Gasteiger charge is -2.42. The van der Waals surface area contributed by atoms with Crippen LogP contribution in [0.25, 0.3) is 0 Å². The zero-order valence-corrected chi connectivity index (χ0v) is 13.4. The van der Waals surface area contributed by atoms with Gasteiger partial charge in [0.2, 0.25) is 0 Å². The molecule has 108 valence electrons. The van der Waals surface area contributed by atoms with E-state index in [1.165, 1.54) is 16.7 Å². The highest BCUT2D eigenvalue weighted by atomic mass is 35.5. The van der Waals surface area contributed by atoms with Gasteiger partial charge >= 0.3 is 0 Å². The third kappa shape index (κ3) is 3.95. The van der Waals surface area contributed by atoms with Crippen molar-refractivity contribution >= 4 is 12.4 Å². The number of nitrogens with zero attached hydrogens (tertiary/aromatic N) is 1. The van der Waals surface area contributed by atoms with Crippen molar-refractivity contribution in [2.24, 2.45) is 11.1 Å². The summed E-state index contributed by atoms with van der Waals surface area (Å²) in [5, 5.41) is 0. The topological polar surface area (TPSA) is 29.3 Å². The molecule has 1 unspecified atom stereocenters. The van der Waals surface area contributed by atoms with Gasteiger partial charge in [0.25, 0.3) is 0 Å². The van der Waals surface area contributed by atoms with E-state index in [9.17, 15) is 0 Å². The van der Waals surface area contributed by atoms with Crippen molar-refractivity contribution in [2.75, 3.05) is 13.1 Å². The largest absolute Gasteiger partial charge is 0.327 e. The Labute approximate surface area is 123 Å². The van der Waals surface area contributed by atoms with Gasteiger partial charge in [0.1, 0.15) is 0 Å². The molecule has 1 aromatic carbocycles. The Morgan fingerprint density at radius 3 is 2.58 bits per heavy atom. The Hall–Kier alpha value is -0.570. The first-order valence-corrected chi connectivity index (χ1v) is 6.92. The van der Waals surface area contributed by atoms with Crippen LogP contribution in [-0.4, -0.2) is 24.0 Å². The minimum absolute atomic E-state index is 0. The summed E-state index contributed by atoms with van der Waals surface area (Å²) >= 11 is 0. The van der Waals surface area contributed by atoms with Gasteiger partial charge in [-0.05, 0) is 36.8 Å². The predicted molar refractivity (Wildman–Crippen MR) is 84.8 cm³/mol. The van der Waals surface area contributed by atoms with Crippen LogP contribution in [0.1, 0.15) is 37.0 Å². The molecule has 0 amide bonds. The fourth-order valence-corrected chi connectivity index (χ4v) is 2.88. The fraction of sp³-hybridized carbons (Fsp3) is 0.625. The number of piperidine rings is 1. The highest BCUT2D eigenvalue weighted by molar-refractivity contribution is 5.85. The average Bonchev–Trinajstić information content (AvgIpc) is 2.27. The third-order valence-electron chi connectivity index (χ3n) is 4.28. The molecule has 1 aliphatic heterocycles. The summed E-state index contributed by atoms with van der Waals surface area (Å²) in [4.78, 5) is 2.54. The van der Waals surface area contributed by atoms with Crippen molar-refractivity contribution in [2.45, 2.75) is 46.7 Å². The Morgan fingerprint density at radius 2 is 2.00 bits per heavy atom. The summed E-state index contributed by atoms with van der Waals surface area (Å²) in [5.41, 5.74) is 10.6. The van der Waals surface area contributed by atoms with Crippen molar-refractivity contribution in [3.63, 3.8) is 0 Å². The molecule has 1 aromatic rings. The van der Waals surface area contributed by atoms with Crippen LogP contribution in [0.4, 0.5) is 0 Å². The quantitative estimate of drug-likeness (QED) is 0.902. The van der Waals surface area contributed by atoms with Crippen molar-refractivity contribution in [3.05, 3.63) is 34.9 Å². The standard InChI is InChI=1S/C16H26N2.ClH/c1-12-5-6-14(13(2)9-12)10-18-8-7-15(17)16(3,4)11-18;/h5-6,9,15H,7-8,10-11,17H2,1-4H3;1H. The molecule has 1 saturated heterocycles. The number of benzene rings is 1. The first-order chi connectivity index (χ1) is 8.38. The van der Waals surface area contributed by atoms with Gasteiger partial charge < -0.3 is 5.73 Å². The lowest BCUT2D eigenvalue weighted by Crippen LogP contribution is -2.52. The maximum absolute atomic E-state index is 6.19. The number of hydrogen-bond acceptors (Lipinski definition) is 2. The van der Waals surface area contributed by atoms with E-state index < -0.39 is 0 Å². The van der Waals surface area contributed by atoms with Gasteiger partial charge in [0.15, 0.2) is 0 Å². The molecular formula is C16H27ClN2. The number of likely N-dealkylation sites (tertiary alicyclic amines) is 1. The summed E-state index contributed by atoms with van der Waals surface area (Å²) in [7, 11) is 0. The second-order valence-electron chi connectivity index (χ2n) is 6.52. The molecule has 1 heterocycles. The van der Waals surface area contributed by atoms with Gasteiger partial charge in [0.05, 0.1) is 0 Å². The van der Waals surface area contributed by atoms with Gasteiger partial charge in [-0.25, -0.2) is 0 Å². The Balaban J connectivity index is 0.00000180. The molecule has 2 nitrogen and oxygen atoms in total. The normalized spacial score (nSPS) is 22.9. The molecule has 0 bridgehead atoms. The predicted octanol–water partition coefficient (Wildman–Crippen LogP) is 3.28. The Bertz CT molecular complexity index is 429. The molecule has 0 spiro atoms. The smallest absolute Gasteiger partial charge is 0.0236 e. The number of nitrogens with two attached hydrogens (primary N) is 1. The van der Waals surface area contributed by atoms with Gasteiger partial charge in [-0.2, -0.15) is 0 Å². The monoisotopic (exact) mass is 282 g/mol. The van der Waals surface area contributed by atoms with Gasteiger partial charge in [-0.3, -0.25) is 4.90 Å². The van der Waals surface area contributed by atoms with E-state index in [-0.39, 0.29) is 17.8 Å². The average molecular weight is 283 g/mol. The van der Waals surface area contributed by atoms with Gasteiger partial charge in [-0.1, -0.05) is 37.6 Å². The zero-order valence-electron chi connectivity index (χ0n) is 12.6. The van der Waals surface area contributed by atoms with Crippen LogP contribution in [0.5, 0.6) is 0 Å². The number of rotatable bonds is 2. The number of hydrogen-bond donors (Lipinski definition) is 1. The maximum atomic E-state index is 6.19. The van der Waals surface area contributed by atoms with E-state index in [1.807, 2.05) is 0 Å². The van der Waals surface area contributed by atoms with Crippen LogP contribution in [0.3, 0.4) is 0 Å². The van der Waals surface area contributed by atoms with Crippen LogP contribution in [0.2, 0.25) is 0 Å². The van der Waals surface area contributed by atoms with Gasteiger partial charge in [-0.15, -0.1) is 12.4 Å². The molecule has 0 radical (unpaired) electrons. The summed E-state index contributed by atoms with van der Waals surface area (Å²) < 4.78 is 0. The minimum atomic E-state index is 0. The first-order valence-electron chi connectivity index (χ1n) is 6.92. The van der Waals surface area contributed by atoms with Crippen molar-refractivity contribution in [1.82, 2.24) is 4.90 Å². The molecule has 0 saturated carbocycles. The van der Waals surface area contributed by atoms with E-state index in [0.29, 0.717) is 6.04 Å². The Morgan fingerprint density at radius 1 is 1.32 bits per heavy atom. The summed E-state index contributed by atoms with van der Waals surface area (Å²) in [5.74, 6) is 0. The van der Waals surface area contributed by atoms with E-state index >= 15 is 0 Å². The van der Waals surface area contributed by atoms with Crippen molar-refractivity contribution in [1.29, 1.82) is 0 Å². The van der Waals surface area contributed by atoms with Crippen LogP contribution in [0.15, 0.2) is 18.2 Å². The fourth-order valence-electron chi connectivity index (χ4n) is 2.88. The molecule has 2 N–H and O–H groups in total. The summed E-state index contributed by atoms with van der Waals surface area (Å²) in [6.45, 7) is 12.2. The van der Waals surface area contributed by atoms with E-state index in [1.54, 1.807) is 0 Å². The van der Waals surface area contributed by atoms with Crippen molar-refractivity contribution < 1.29 is 0 Å². The summed E-state index contributed by atoms with van der Waals surface area (Å²) in [6, 6.07) is 7.10. The van der Waals surface area contributed by atoms with Gasteiger partial charge in [0, 0.05) is 25.7 Å². The molecule has 1 aliphatic rings. The second-order valence-corrected chi connectivity index (χ2v) is 6.52. The lowest BCUT2D eigenvalue weighted by atomic mass is 9.79. The van der Waals surface area contributed by atoms with E-state index in [4.69, 9.17) is 5.73 Å². The van der Waals surface area contributed by atoms with Crippen LogP contribution < -0.4 is 5.73 Å². The molecule has 0 aromatic heterocycles. The second kappa shape index (κ2) is 6.25. The first kappa shape index (κ1) is 16.5. The Kier molecular flexibility index (Phi) is 5.43. The van der Waals surface area contributed by atoms with E-state index in [0.717, 1.165) is 26.1 Å². The molecule has 19 heavy (non-hydrogen) atoms.